The Morgan fingerprint density at radius 3 is 2.95 bits per heavy atom. The van der Waals surface area contributed by atoms with Gasteiger partial charge in [0.1, 0.15) is 18.8 Å². The monoisotopic (exact) mass is 287 g/mol. The Kier molecular flexibility index (Phi) is 3.55. The van der Waals surface area contributed by atoms with Crippen LogP contribution in [0.1, 0.15) is 0 Å². The molecular weight excluding hydrogens is 274 g/mol. The van der Waals surface area contributed by atoms with Crippen molar-refractivity contribution < 1.29 is 19.0 Å². The van der Waals surface area contributed by atoms with Gasteiger partial charge in [-0.1, -0.05) is 12.1 Å². The minimum absolute atomic E-state index is 0.144. The van der Waals surface area contributed by atoms with E-state index in [4.69, 9.17) is 14.2 Å². The summed E-state index contributed by atoms with van der Waals surface area (Å²) in [5.41, 5.74) is 0. The Labute approximate surface area is 120 Å². The van der Waals surface area contributed by atoms with E-state index in [2.05, 4.69) is 15.3 Å². The standard InChI is InChI=1S/C14H13N3O4/c1-19-13-6-12(15-8-16-13)17-14(18)11-7-20-9-4-2-3-5-10(9)21-11/h2-6,8,11H,7H2,1H3,(H,15,16,17,18). The maximum atomic E-state index is 12.2. The summed E-state index contributed by atoms with van der Waals surface area (Å²) in [4.78, 5) is 20.0. The minimum atomic E-state index is -0.735. The van der Waals surface area contributed by atoms with E-state index in [0.29, 0.717) is 23.2 Å². The van der Waals surface area contributed by atoms with Gasteiger partial charge in [0.25, 0.3) is 5.91 Å². The molecule has 0 aliphatic carbocycles. The molecule has 0 fully saturated rings. The molecule has 21 heavy (non-hydrogen) atoms. The van der Waals surface area contributed by atoms with Crippen LogP contribution in [0.5, 0.6) is 17.4 Å². The molecule has 1 amide bonds. The van der Waals surface area contributed by atoms with E-state index >= 15 is 0 Å². The highest BCUT2D eigenvalue weighted by Gasteiger charge is 2.27. The van der Waals surface area contributed by atoms with E-state index in [1.165, 1.54) is 19.5 Å². The molecule has 1 aliphatic rings. The number of nitrogens with one attached hydrogen (secondary N) is 1. The lowest BCUT2D eigenvalue weighted by atomic mass is 10.2. The first kappa shape index (κ1) is 13.2. The summed E-state index contributed by atoms with van der Waals surface area (Å²) in [5, 5.41) is 2.64. The number of methoxy groups -OCH3 is 1. The lowest BCUT2D eigenvalue weighted by molar-refractivity contribution is -0.125. The highest BCUT2D eigenvalue weighted by molar-refractivity contribution is 5.94. The third-order valence-corrected chi connectivity index (χ3v) is 2.90. The van der Waals surface area contributed by atoms with Gasteiger partial charge in [-0.15, -0.1) is 0 Å². The Hall–Kier alpha value is -2.83. The van der Waals surface area contributed by atoms with Gasteiger partial charge in [0.05, 0.1) is 7.11 Å². The first-order valence-electron chi connectivity index (χ1n) is 6.31. The van der Waals surface area contributed by atoms with Gasteiger partial charge < -0.3 is 19.5 Å². The topological polar surface area (TPSA) is 82.6 Å². The van der Waals surface area contributed by atoms with Crippen LogP contribution in [0.2, 0.25) is 0 Å². The summed E-state index contributed by atoms with van der Waals surface area (Å²) in [6.07, 6.45) is 0.572. The van der Waals surface area contributed by atoms with E-state index in [-0.39, 0.29) is 12.5 Å². The molecule has 2 aromatic rings. The SMILES string of the molecule is COc1cc(NC(=O)C2COc3ccccc3O2)ncn1. The zero-order valence-electron chi connectivity index (χ0n) is 11.3. The van der Waals surface area contributed by atoms with Crippen LogP contribution in [-0.4, -0.2) is 35.7 Å². The highest BCUT2D eigenvalue weighted by atomic mass is 16.6. The fourth-order valence-corrected chi connectivity index (χ4v) is 1.87. The van der Waals surface area contributed by atoms with Crippen molar-refractivity contribution in [2.45, 2.75) is 6.10 Å². The molecule has 1 aromatic heterocycles. The van der Waals surface area contributed by atoms with Gasteiger partial charge >= 0.3 is 0 Å². The van der Waals surface area contributed by atoms with E-state index in [1.54, 1.807) is 12.1 Å². The van der Waals surface area contributed by atoms with Crippen molar-refractivity contribution >= 4 is 11.7 Å². The lowest BCUT2D eigenvalue weighted by Gasteiger charge is -2.25. The van der Waals surface area contributed by atoms with Gasteiger partial charge in [0.2, 0.25) is 12.0 Å². The van der Waals surface area contributed by atoms with Crippen LogP contribution in [-0.2, 0) is 4.79 Å². The highest BCUT2D eigenvalue weighted by Crippen LogP contribution is 2.31. The van der Waals surface area contributed by atoms with E-state index in [1.807, 2.05) is 12.1 Å². The fraction of sp³-hybridized carbons (Fsp3) is 0.214. The first-order chi connectivity index (χ1) is 10.3. The summed E-state index contributed by atoms with van der Waals surface area (Å²) < 4.78 is 16.1. The number of anilines is 1. The Morgan fingerprint density at radius 2 is 2.14 bits per heavy atom. The average Bonchev–Trinajstić information content (AvgIpc) is 2.54. The number of carbonyl (C=O) groups is 1. The molecule has 3 rings (SSSR count). The number of carbonyl (C=O) groups excluding carboxylic acids is 1. The molecule has 1 aliphatic heterocycles. The third-order valence-electron chi connectivity index (χ3n) is 2.90. The number of nitrogens with zero attached hydrogens (tertiary/aromatic N) is 2. The quantitative estimate of drug-likeness (QED) is 0.915. The van der Waals surface area contributed by atoms with Crippen molar-refractivity contribution in [3.05, 3.63) is 36.7 Å². The van der Waals surface area contributed by atoms with Crippen molar-refractivity contribution in [1.29, 1.82) is 0 Å². The van der Waals surface area contributed by atoms with Gasteiger partial charge in [0, 0.05) is 6.07 Å². The molecule has 1 atom stereocenters. The second kappa shape index (κ2) is 5.66. The predicted molar refractivity (Wildman–Crippen MR) is 73.6 cm³/mol. The van der Waals surface area contributed by atoms with Crippen LogP contribution in [0.3, 0.4) is 0 Å². The maximum absolute atomic E-state index is 12.2. The van der Waals surface area contributed by atoms with Crippen molar-refractivity contribution in [2.75, 3.05) is 19.0 Å². The van der Waals surface area contributed by atoms with Gasteiger partial charge in [0.15, 0.2) is 11.5 Å². The van der Waals surface area contributed by atoms with Crippen LogP contribution in [0.25, 0.3) is 0 Å². The number of aromatic nitrogens is 2. The minimum Gasteiger partial charge on any atom is -0.485 e. The first-order valence-corrected chi connectivity index (χ1v) is 6.31. The maximum Gasteiger partial charge on any atom is 0.270 e. The number of hydrogen-bond donors (Lipinski definition) is 1. The average molecular weight is 287 g/mol. The molecular formula is C14H13N3O4. The van der Waals surface area contributed by atoms with Crippen LogP contribution in [0.15, 0.2) is 36.7 Å². The molecule has 1 aromatic carbocycles. The smallest absolute Gasteiger partial charge is 0.270 e. The summed E-state index contributed by atoms with van der Waals surface area (Å²) in [6, 6.07) is 8.73. The Morgan fingerprint density at radius 1 is 1.33 bits per heavy atom. The predicted octanol–water partition coefficient (Wildman–Crippen LogP) is 1.26. The number of para-hydroxylation sites is 2. The molecule has 0 radical (unpaired) electrons. The van der Waals surface area contributed by atoms with Crippen LogP contribution in [0, 0.1) is 0 Å². The number of amides is 1. The van der Waals surface area contributed by atoms with E-state index in [0.717, 1.165) is 0 Å². The van der Waals surface area contributed by atoms with Gasteiger partial charge in [-0.25, -0.2) is 9.97 Å². The molecule has 0 spiro atoms. The summed E-state index contributed by atoms with van der Waals surface area (Å²) in [7, 11) is 1.49. The molecule has 7 heteroatoms. The van der Waals surface area contributed by atoms with E-state index < -0.39 is 6.10 Å². The number of benzene rings is 1. The lowest BCUT2D eigenvalue weighted by Crippen LogP contribution is -2.40. The molecule has 0 saturated carbocycles. The van der Waals surface area contributed by atoms with Crippen molar-refractivity contribution in [1.82, 2.24) is 9.97 Å². The number of hydrogen-bond acceptors (Lipinski definition) is 6. The zero-order valence-corrected chi connectivity index (χ0v) is 11.3. The largest absolute Gasteiger partial charge is 0.485 e. The van der Waals surface area contributed by atoms with Crippen LogP contribution < -0.4 is 19.5 Å². The molecule has 0 saturated heterocycles. The summed E-state index contributed by atoms with van der Waals surface area (Å²) >= 11 is 0. The third kappa shape index (κ3) is 2.86. The van der Waals surface area contributed by atoms with Crippen LogP contribution in [0.4, 0.5) is 5.82 Å². The van der Waals surface area contributed by atoms with Crippen molar-refractivity contribution in [2.24, 2.45) is 0 Å². The molecule has 108 valence electrons. The molecule has 0 bridgehead atoms. The molecule has 1 N–H and O–H groups in total. The molecule has 7 nitrogen and oxygen atoms in total. The summed E-state index contributed by atoms with van der Waals surface area (Å²) in [5.74, 6) is 1.54. The van der Waals surface area contributed by atoms with Crippen LogP contribution >= 0.6 is 0 Å². The second-order valence-corrected chi connectivity index (χ2v) is 4.30. The molecule has 2 heterocycles. The number of fused-ring (bicyclic) bond motifs is 1. The van der Waals surface area contributed by atoms with Gasteiger partial charge in [-0.3, -0.25) is 4.79 Å². The zero-order chi connectivity index (χ0) is 14.7. The second-order valence-electron chi connectivity index (χ2n) is 4.30. The fourth-order valence-electron chi connectivity index (χ4n) is 1.87. The molecule has 1 unspecified atom stereocenters. The Bertz CT molecular complexity index is 662. The Balaban J connectivity index is 1.69. The van der Waals surface area contributed by atoms with Gasteiger partial charge in [-0.05, 0) is 12.1 Å². The van der Waals surface area contributed by atoms with Gasteiger partial charge in [-0.2, -0.15) is 0 Å². The number of rotatable bonds is 3. The summed E-state index contributed by atoms with van der Waals surface area (Å²) in [6.45, 7) is 0.144. The normalized spacial score (nSPS) is 16.1. The number of ether oxygens (including phenoxy) is 3. The van der Waals surface area contributed by atoms with Crippen molar-refractivity contribution in [3.8, 4) is 17.4 Å². The van der Waals surface area contributed by atoms with E-state index in [9.17, 15) is 4.79 Å². The van der Waals surface area contributed by atoms with Crippen molar-refractivity contribution in [3.63, 3.8) is 0 Å².